The number of benzene rings is 1. The van der Waals surface area contributed by atoms with Crippen molar-refractivity contribution in [2.45, 2.75) is 33.4 Å². The van der Waals surface area contributed by atoms with Crippen molar-refractivity contribution in [1.29, 1.82) is 5.41 Å². The zero-order chi connectivity index (χ0) is 27.6. The van der Waals surface area contributed by atoms with Crippen molar-refractivity contribution in [3.05, 3.63) is 59.8 Å². The first kappa shape index (κ1) is 26.6. The van der Waals surface area contributed by atoms with Crippen LogP contribution in [0.2, 0.25) is 0 Å². The van der Waals surface area contributed by atoms with E-state index in [1.165, 1.54) is 31.5 Å². The van der Waals surface area contributed by atoms with Crippen LogP contribution in [-0.2, 0) is 13.1 Å². The van der Waals surface area contributed by atoms with E-state index in [1.807, 2.05) is 6.92 Å². The van der Waals surface area contributed by atoms with Gasteiger partial charge in [0.2, 0.25) is 0 Å². The lowest BCUT2D eigenvalue weighted by molar-refractivity contribution is 0.251. The van der Waals surface area contributed by atoms with E-state index in [1.54, 1.807) is 37.1 Å². The molecule has 0 spiro atoms. The van der Waals surface area contributed by atoms with Crippen LogP contribution in [0.25, 0.3) is 5.57 Å². The summed E-state index contributed by atoms with van der Waals surface area (Å²) in [6, 6.07) is 2.07. The zero-order valence-corrected chi connectivity index (χ0v) is 21.8. The SMILES string of the molecule is CCCn1cc(N2C(=O)N(c3c(F)c(OC)cc(OC)c3F)Cc3cnc(/C(=C/NC)C(C)=N)cc32)cn1. The second-order valence-corrected chi connectivity index (χ2v) is 8.59. The van der Waals surface area contributed by atoms with E-state index in [4.69, 9.17) is 14.9 Å². The van der Waals surface area contributed by atoms with Crippen molar-refractivity contribution < 1.29 is 23.0 Å². The molecular formula is C26H29F2N7O3. The van der Waals surface area contributed by atoms with E-state index >= 15 is 8.78 Å². The summed E-state index contributed by atoms with van der Waals surface area (Å²) in [5, 5.41) is 15.4. The first-order valence-corrected chi connectivity index (χ1v) is 11.9. The minimum Gasteiger partial charge on any atom is -0.493 e. The number of fused-ring (bicyclic) bond motifs is 1. The van der Waals surface area contributed by atoms with Gasteiger partial charge in [-0.1, -0.05) is 6.92 Å². The van der Waals surface area contributed by atoms with Crippen LogP contribution in [0.4, 0.5) is 30.6 Å². The summed E-state index contributed by atoms with van der Waals surface area (Å²) in [6.07, 6.45) is 7.21. The summed E-state index contributed by atoms with van der Waals surface area (Å²) in [7, 11) is 4.20. The predicted octanol–water partition coefficient (Wildman–Crippen LogP) is 4.86. The normalized spacial score (nSPS) is 13.4. The fraction of sp³-hybridized carbons (Fsp3) is 0.308. The maximum absolute atomic E-state index is 15.5. The summed E-state index contributed by atoms with van der Waals surface area (Å²) in [5.74, 6) is -2.60. The van der Waals surface area contributed by atoms with Crippen LogP contribution in [0.5, 0.6) is 11.5 Å². The fourth-order valence-electron chi connectivity index (χ4n) is 4.28. The molecule has 0 aliphatic carbocycles. The highest BCUT2D eigenvalue weighted by Gasteiger charge is 2.38. The molecule has 0 atom stereocenters. The van der Waals surface area contributed by atoms with Crippen LogP contribution in [0.3, 0.4) is 0 Å². The number of hydrogen-bond donors (Lipinski definition) is 2. The Hall–Kier alpha value is -4.48. The lowest BCUT2D eigenvalue weighted by Gasteiger charge is -2.37. The Kier molecular flexibility index (Phi) is 7.60. The number of nitrogens with one attached hydrogen (secondary N) is 2. The highest BCUT2D eigenvalue weighted by Crippen LogP contribution is 2.43. The number of carbonyl (C=O) groups excluding carboxylic acids is 1. The molecule has 0 saturated heterocycles. The number of aromatic nitrogens is 3. The van der Waals surface area contributed by atoms with Crippen molar-refractivity contribution in [3.8, 4) is 11.5 Å². The summed E-state index contributed by atoms with van der Waals surface area (Å²) >= 11 is 0. The van der Waals surface area contributed by atoms with Gasteiger partial charge < -0.3 is 20.2 Å². The Morgan fingerprint density at radius 1 is 1.18 bits per heavy atom. The quantitative estimate of drug-likeness (QED) is 0.386. The lowest BCUT2D eigenvalue weighted by Crippen LogP contribution is -2.45. The van der Waals surface area contributed by atoms with Crippen molar-refractivity contribution in [2.75, 3.05) is 31.1 Å². The number of amides is 2. The maximum Gasteiger partial charge on any atom is 0.334 e. The van der Waals surface area contributed by atoms with Crippen molar-refractivity contribution in [1.82, 2.24) is 20.1 Å². The summed E-state index contributed by atoms with van der Waals surface area (Å²) < 4.78 is 42.8. The summed E-state index contributed by atoms with van der Waals surface area (Å²) in [5.41, 5.74) is 2.06. The van der Waals surface area contributed by atoms with Gasteiger partial charge in [0, 0.05) is 55.1 Å². The van der Waals surface area contributed by atoms with E-state index in [-0.39, 0.29) is 23.8 Å². The molecule has 12 heteroatoms. The Morgan fingerprint density at radius 3 is 2.45 bits per heavy atom. The third-order valence-corrected chi connectivity index (χ3v) is 6.07. The molecule has 2 amide bonds. The monoisotopic (exact) mass is 525 g/mol. The number of pyridine rings is 1. The number of hydrogen-bond acceptors (Lipinski definition) is 7. The van der Waals surface area contributed by atoms with Gasteiger partial charge in [0.15, 0.2) is 23.1 Å². The van der Waals surface area contributed by atoms with Crippen LogP contribution >= 0.6 is 0 Å². The van der Waals surface area contributed by atoms with Gasteiger partial charge in [0.25, 0.3) is 0 Å². The van der Waals surface area contributed by atoms with Gasteiger partial charge in [-0.2, -0.15) is 5.10 Å². The summed E-state index contributed by atoms with van der Waals surface area (Å²) in [4.78, 5) is 20.8. The van der Waals surface area contributed by atoms with Crippen LogP contribution in [0, 0.1) is 17.0 Å². The average molecular weight is 526 g/mol. The highest BCUT2D eigenvalue weighted by molar-refractivity contribution is 6.21. The van der Waals surface area contributed by atoms with Crippen molar-refractivity contribution >= 4 is 34.4 Å². The third kappa shape index (κ3) is 4.64. The molecule has 10 nitrogen and oxygen atoms in total. The van der Waals surface area contributed by atoms with Gasteiger partial charge in [-0.15, -0.1) is 0 Å². The van der Waals surface area contributed by atoms with Gasteiger partial charge in [-0.25, -0.2) is 13.6 Å². The molecule has 1 aliphatic rings. The van der Waals surface area contributed by atoms with Crippen molar-refractivity contribution in [2.24, 2.45) is 0 Å². The molecule has 200 valence electrons. The van der Waals surface area contributed by atoms with Gasteiger partial charge in [-0.05, 0) is 19.4 Å². The largest absolute Gasteiger partial charge is 0.493 e. The molecule has 2 N–H and O–H groups in total. The molecule has 0 fully saturated rings. The van der Waals surface area contributed by atoms with Gasteiger partial charge in [-0.3, -0.25) is 19.5 Å². The molecule has 3 heterocycles. The van der Waals surface area contributed by atoms with Gasteiger partial charge >= 0.3 is 6.03 Å². The second-order valence-electron chi connectivity index (χ2n) is 8.59. The molecule has 0 unspecified atom stereocenters. The Morgan fingerprint density at radius 2 is 1.87 bits per heavy atom. The van der Waals surface area contributed by atoms with E-state index in [2.05, 4.69) is 15.4 Å². The predicted molar refractivity (Wildman–Crippen MR) is 140 cm³/mol. The Bertz CT molecular complexity index is 1390. The van der Waals surface area contributed by atoms with E-state index in [0.717, 1.165) is 17.4 Å². The number of halogens is 2. The molecular weight excluding hydrogens is 496 g/mol. The van der Waals surface area contributed by atoms with Crippen molar-refractivity contribution in [3.63, 3.8) is 0 Å². The van der Waals surface area contributed by atoms with E-state index in [0.29, 0.717) is 34.8 Å². The molecule has 38 heavy (non-hydrogen) atoms. The molecule has 0 radical (unpaired) electrons. The number of anilines is 3. The van der Waals surface area contributed by atoms with Crippen LogP contribution in [0.15, 0.2) is 36.9 Å². The number of carbonyl (C=O) groups is 1. The molecule has 1 aliphatic heterocycles. The second kappa shape index (κ2) is 10.9. The zero-order valence-electron chi connectivity index (χ0n) is 21.8. The summed E-state index contributed by atoms with van der Waals surface area (Å²) in [6.45, 7) is 4.09. The standard InChI is InChI=1S/C26H29F2N7O3/c1-6-7-33-14-17(11-32-33)35-20-8-19(18(12-30-3)15(2)29)31-10-16(20)13-34(26(35)36)25-23(27)21(37-4)9-22(38-5)24(25)28/h8-12,14,29-30H,6-7,13H2,1-5H3/b18-12+,29-15?. The number of allylic oxidation sites excluding steroid dienone is 1. The number of nitrogens with zero attached hydrogens (tertiary/aromatic N) is 5. The molecule has 4 rings (SSSR count). The first-order valence-electron chi connectivity index (χ1n) is 11.9. The number of rotatable bonds is 9. The Labute approximate surface area is 219 Å². The van der Waals surface area contributed by atoms with Gasteiger partial charge in [0.05, 0.1) is 44.0 Å². The van der Waals surface area contributed by atoms with Gasteiger partial charge in [0.1, 0.15) is 5.69 Å². The average Bonchev–Trinajstić information content (AvgIpc) is 3.35. The van der Waals surface area contributed by atoms with E-state index < -0.39 is 23.4 Å². The molecule has 1 aromatic carbocycles. The minimum absolute atomic E-state index is 0.167. The number of aryl methyl sites for hydroxylation is 1. The maximum atomic E-state index is 15.5. The molecule has 2 aromatic heterocycles. The first-order chi connectivity index (χ1) is 18.2. The molecule has 0 bridgehead atoms. The Balaban J connectivity index is 1.93. The number of ether oxygens (including phenoxy) is 2. The topological polar surface area (TPSA) is 109 Å². The fourth-order valence-corrected chi connectivity index (χ4v) is 4.28. The third-order valence-electron chi connectivity index (χ3n) is 6.07. The van der Waals surface area contributed by atoms with Crippen LogP contribution in [0.1, 0.15) is 31.5 Å². The number of methoxy groups -OCH3 is 2. The number of urea groups is 1. The highest BCUT2D eigenvalue weighted by atomic mass is 19.1. The van der Waals surface area contributed by atoms with E-state index in [9.17, 15) is 4.79 Å². The van der Waals surface area contributed by atoms with Crippen LogP contribution < -0.4 is 24.6 Å². The smallest absolute Gasteiger partial charge is 0.334 e. The van der Waals surface area contributed by atoms with Crippen LogP contribution in [-0.4, -0.2) is 47.8 Å². The molecule has 3 aromatic rings. The molecule has 0 saturated carbocycles. The lowest BCUT2D eigenvalue weighted by atomic mass is 10.0. The minimum atomic E-state index is -1.03.